The Balaban J connectivity index is 1.75. The van der Waals surface area contributed by atoms with Gasteiger partial charge in [-0.15, -0.1) is 0 Å². The van der Waals surface area contributed by atoms with Gasteiger partial charge in [0.25, 0.3) is 5.91 Å². The van der Waals surface area contributed by atoms with Crippen LogP contribution in [0.4, 0.5) is 0 Å². The number of carbonyl (C=O) groups excluding carboxylic acids is 2. The molecule has 2 rings (SSSR count). The average molecular weight is 332 g/mol. The molecule has 1 aromatic carbocycles. The first-order valence-corrected chi connectivity index (χ1v) is 7.45. The normalized spacial score (nSPS) is 11.4. The fourth-order valence-electron chi connectivity index (χ4n) is 1.97. The van der Waals surface area contributed by atoms with Crippen LogP contribution < -0.4 is 20.1 Å². The molecule has 2 amide bonds. The molecule has 0 fully saturated rings. The number of benzene rings is 1. The van der Waals surface area contributed by atoms with Crippen LogP contribution >= 0.6 is 0 Å². The van der Waals surface area contributed by atoms with Gasteiger partial charge in [-0.3, -0.25) is 9.59 Å². The second-order valence-electron chi connectivity index (χ2n) is 5.03. The Morgan fingerprint density at radius 1 is 1.17 bits per heavy atom. The van der Waals surface area contributed by atoms with Crippen molar-refractivity contribution >= 4 is 11.8 Å². The summed E-state index contributed by atoms with van der Waals surface area (Å²) in [7, 11) is 1.52. The Kier molecular flexibility index (Phi) is 6.24. The minimum Gasteiger partial charge on any atom is -0.493 e. The van der Waals surface area contributed by atoms with Gasteiger partial charge in [-0.2, -0.15) is 0 Å². The van der Waals surface area contributed by atoms with Gasteiger partial charge < -0.3 is 24.5 Å². The van der Waals surface area contributed by atoms with Gasteiger partial charge in [0.15, 0.2) is 18.1 Å². The van der Waals surface area contributed by atoms with Crippen molar-refractivity contribution in [1.29, 1.82) is 0 Å². The largest absolute Gasteiger partial charge is 0.493 e. The van der Waals surface area contributed by atoms with Crippen molar-refractivity contribution in [3.63, 3.8) is 0 Å². The summed E-state index contributed by atoms with van der Waals surface area (Å²) >= 11 is 0. The molecule has 0 aliphatic carbocycles. The van der Waals surface area contributed by atoms with Gasteiger partial charge in [-0.1, -0.05) is 12.1 Å². The van der Waals surface area contributed by atoms with Crippen LogP contribution in [-0.4, -0.2) is 31.6 Å². The predicted molar refractivity (Wildman–Crippen MR) is 86.6 cm³/mol. The van der Waals surface area contributed by atoms with E-state index in [1.807, 2.05) is 0 Å². The van der Waals surface area contributed by atoms with Gasteiger partial charge >= 0.3 is 0 Å². The molecular weight excluding hydrogens is 312 g/mol. The first kappa shape index (κ1) is 17.4. The van der Waals surface area contributed by atoms with Crippen molar-refractivity contribution in [2.24, 2.45) is 0 Å². The zero-order chi connectivity index (χ0) is 17.4. The first-order chi connectivity index (χ1) is 11.6. The predicted octanol–water partition coefficient (Wildman–Crippen LogP) is 1.49. The molecule has 1 heterocycles. The number of nitrogens with one attached hydrogen (secondary N) is 2. The van der Waals surface area contributed by atoms with Crippen LogP contribution in [-0.2, 0) is 16.1 Å². The summed E-state index contributed by atoms with van der Waals surface area (Å²) in [5.74, 6) is 0.930. The minimum atomic E-state index is -0.686. The van der Waals surface area contributed by atoms with Crippen molar-refractivity contribution in [3.8, 4) is 11.5 Å². The molecule has 7 heteroatoms. The molecule has 7 nitrogen and oxygen atoms in total. The molecule has 0 bridgehead atoms. The van der Waals surface area contributed by atoms with Crippen molar-refractivity contribution in [2.45, 2.75) is 19.5 Å². The number of rotatable bonds is 8. The molecule has 0 spiro atoms. The Morgan fingerprint density at radius 2 is 1.92 bits per heavy atom. The second kappa shape index (κ2) is 8.61. The highest BCUT2D eigenvalue weighted by atomic mass is 16.5. The maximum absolute atomic E-state index is 11.9. The summed E-state index contributed by atoms with van der Waals surface area (Å²) in [6.07, 6.45) is 1.53. The monoisotopic (exact) mass is 332 g/mol. The molecule has 0 aliphatic rings. The highest BCUT2D eigenvalue weighted by Crippen LogP contribution is 2.25. The van der Waals surface area contributed by atoms with E-state index >= 15 is 0 Å². The van der Waals surface area contributed by atoms with E-state index in [0.717, 1.165) is 0 Å². The summed E-state index contributed by atoms with van der Waals surface area (Å²) in [6.45, 7) is 1.65. The fourth-order valence-corrected chi connectivity index (χ4v) is 1.97. The van der Waals surface area contributed by atoms with Gasteiger partial charge in [-0.25, -0.2) is 0 Å². The number of carbonyl (C=O) groups is 2. The lowest BCUT2D eigenvalue weighted by molar-refractivity contribution is -0.129. The van der Waals surface area contributed by atoms with Crippen LogP contribution in [0, 0.1) is 0 Å². The average Bonchev–Trinajstić information content (AvgIpc) is 3.11. The summed E-state index contributed by atoms with van der Waals surface area (Å²) in [4.78, 5) is 23.8. The van der Waals surface area contributed by atoms with E-state index in [1.165, 1.54) is 13.4 Å². The third kappa shape index (κ3) is 5.05. The molecule has 24 heavy (non-hydrogen) atoms. The minimum absolute atomic E-state index is 0.212. The van der Waals surface area contributed by atoms with Gasteiger partial charge in [0.1, 0.15) is 11.8 Å². The summed E-state index contributed by atoms with van der Waals surface area (Å²) in [6, 6.07) is 9.82. The quantitative estimate of drug-likeness (QED) is 0.764. The SMILES string of the molecule is COc1ccccc1OCC(=O)N[C@H](C)C(=O)NCc1ccco1. The zero-order valence-electron chi connectivity index (χ0n) is 13.6. The maximum atomic E-state index is 11.9. The highest BCUT2D eigenvalue weighted by molar-refractivity contribution is 5.87. The van der Waals surface area contributed by atoms with Crippen molar-refractivity contribution in [3.05, 3.63) is 48.4 Å². The van der Waals surface area contributed by atoms with Crippen LogP contribution in [0.5, 0.6) is 11.5 Å². The van der Waals surface area contributed by atoms with Crippen LogP contribution in [0.3, 0.4) is 0 Å². The Hall–Kier alpha value is -2.96. The van der Waals surface area contributed by atoms with Crippen molar-refractivity contribution < 1.29 is 23.5 Å². The van der Waals surface area contributed by atoms with E-state index in [1.54, 1.807) is 43.3 Å². The van der Waals surface area contributed by atoms with Crippen molar-refractivity contribution in [1.82, 2.24) is 10.6 Å². The van der Waals surface area contributed by atoms with Crippen LogP contribution in [0.1, 0.15) is 12.7 Å². The molecule has 0 saturated carbocycles. The molecule has 2 N–H and O–H groups in total. The molecule has 1 aromatic heterocycles. The number of para-hydroxylation sites is 2. The van der Waals surface area contributed by atoms with Crippen molar-refractivity contribution in [2.75, 3.05) is 13.7 Å². The number of hydrogen-bond acceptors (Lipinski definition) is 5. The molecule has 1 atom stereocenters. The lowest BCUT2D eigenvalue weighted by Gasteiger charge is -2.14. The third-order valence-corrected chi connectivity index (χ3v) is 3.22. The summed E-state index contributed by atoms with van der Waals surface area (Å²) < 4.78 is 15.7. The van der Waals surface area contributed by atoms with Gasteiger partial charge in [0.2, 0.25) is 5.91 Å². The Morgan fingerprint density at radius 3 is 2.58 bits per heavy atom. The first-order valence-electron chi connectivity index (χ1n) is 7.45. The molecule has 2 aromatic rings. The molecule has 0 radical (unpaired) electrons. The molecule has 0 aliphatic heterocycles. The maximum Gasteiger partial charge on any atom is 0.258 e. The van der Waals surface area contributed by atoms with E-state index in [-0.39, 0.29) is 19.1 Å². The Labute approximate surface area is 139 Å². The van der Waals surface area contributed by atoms with Gasteiger partial charge in [-0.05, 0) is 31.2 Å². The molecular formula is C17H20N2O5. The number of ether oxygens (including phenoxy) is 2. The second-order valence-corrected chi connectivity index (χ2v) is 5.03. The number of hydrogen-bond donors (Lipinski definition) is 2. The summed E-state index contributed by atoms with van der Waals surface area (Å²) in [5.41, 5.74) is 0. The standard InChI is InChI=1S/C17H20N2O5/c1-12(17(21)18-10-13-6-5-9-23-13)19-16(20)11-24-15-8-4-3-7-14(15)22-2/h3-9,12H,10-11H2,1-2H3,(H,18,21)(H,19,20)/t12-/m1/s1. The smallest absolute Gasteiger partial charge is 0.258 e. The lowest BCUT2D eigenvalue weighted by atomic mass is 10.3. The van der Waals surface area contributed by atoms with Crippen LogP contribution in [0.2, 0.25) is 0 Å². The van der Waals surface area contributed by atoms with Gasteiger partial charge in [0, 0.05) is 0 Å². The molecule has 0 saturated heterocycles. The van der Waals surface area contributed by atoms with E-state index in [2.05, 4.69) is 10.6 Å². The van der Waals surface area contributed by atoms with E-state index < -0.39 is 11.9 Å². The van der Waals surface area contributed by atoms with E-state index in [0.29, 0.717) is 17.3 Å². The van der Waals surface area contributed by atoms with Crippen LogP contribution in [0.25, 0.3) is 0 Å². The molecule has 0 unspecified atom stereocenters. The fraction of sp³-hybridized carbons (Fsp3) is 0.294. The lowest BCUT2D eigenvalue weighted by Crippen LogP contribution is -2.46. The number of amides is 2. The zero-order valence-corrected chi connectivity index (χ0v) is 13.6. The number of methoxy groups -OCH3 is 1. The van der Waals surface area contributed by atoms with Crippen LogP contribution in [0.15, 0.2) is 47.1 Å². The summed E-state index contributed by atoms with van der Waals surface area (Å²) in [5, 5.41) is 5.24. The molecule has 128 valence electrons. The highest BCUT2D eigenvalue weighted by Gasteiger charge is 2.16. The Bertz CT molecular complexity index is 669. The third-order valence-electron chi connectivity index (χ3n) is 3.22. The topological polar surface area (TPSA) is 89.8 Å². The van der Waals surface area contributed by atoms with Gasteiger partial charge in [0.05, 0.1) is 19.9 Å². The van der Waals surface area contributed by atoms with E-state index in [9.17, 15) is 9.59 Å². The number of furan rings is 1. The van der Waals surface area contributed by atoms with E-state index in [4.69, 9.17) is 13.9 Å².